The van der Waals surface area contributed by atoms with E-state index in [9.17, 15) is 0 Å². The Morgan fingerprint density at radius 3 is 3.06 bits per heavy atom. The van der Waals surface area contributed by atoms with Crippen molar-refractivity contribution in [3.8, 4) is 0 Å². The second-order valence-corrected chi connectivity index (χ2v) is 5.57. The van der Waals surface area contributed by atoms with Gasteiger partial charge in [0.05, 0.1) is 5.92 Å². The number of nitrogens with one attached hydrogen (secondary N) is 1. The smallest absolute Gasteiger partial charge is 0.231 e. The van der Waals surface area contributed by atoms with Crippen LogP contribution in [-0.4, -0.2) is 47.8 Å². The van der Waals surface area contributed by atoms with E-state index in [1.54, 1.807) is 0 Å². The minimum Gasteiger partial charge on any atom is -0.339 e. The summed E-state index contributed by atoms with van der Waals surface area (Å²) < 4.78 is 5.43. The van der Waals surface area contributed by atoms with Gasteiger partial charge in [0.15, 0.2) is 5.82 Å². The van der Waals surface area contributed by atoms with Gasteiger partial charge >= 0.3 is 0 Å². The molecule has 1 N–H and O–H groups in total. The normalized spacial score (nSPS) is 29.8. The van der Waals surface area contributed by atoms with Crippen molar-refractivity contribution in [3.63, 3.8) is 0 Å². The number of likely N-dealkylation sites (N-methyl/N-ethyl adjacent to an activating group) is 1. The number of likely N-dealkylation sites (tertiary alicyclic amines) is 1. The van der Waals surface area contributed by atoms with E-state index < -0.39 is 0 Å². The molecule has 0 saturated carbocycles. The van der Waals surface area contributed by atoms with Crippen molar-refractivity contribution >= 4 is 0 Å². The third-order valence-corrected chi connectivity index (χ3v) is 4.22. The molecule has 0 amide bonds. The summed E-state index contributed by atoms with van der Waals surface area (Å²) in [5.41, 5.74) is 0. The zero-order valence-corrected chi connectivity index (χ0v) is 11.1. The van der Waals surface area contributed by atoms with Crippen molar-refractivity contribution in [2.45, 2.75) is 44.1 Å². The Morgan fingerprint density at radius 1 is 1.39 bits per heavy atom. The zero-order valence-electron chi connectivity index (χ0n) is 11.1. The molecule has 0 aromatic carbocycles. The molecule has 3 heterocycles. The van der Waals surface area contributed by atoms with Crippen molar-refractivity contribution in [2.75, 3.05) is 26.7 Å². The van der Waals surface area contributed by atoms with E-state index in [0.29, 0.717) is 12.0 Å². The second-order valence-electron chi connectivity index (χ2n) is 5.57. The van der Waals surface area contributed by atoms with E-state index >= 15 is 0 Å². The molecule has 2 saturated heterocycles. The number of hydrogen-bond acceptors (Lipinski definition) is 5. The lowest BCUT2D eigenvalue weighted by molar-refractivity contribution is 0.297. The maximum atomic E-state index is 5.43. The standard InChI is InChI=1S/C13H22N4O/c1-17-7-3-5-11(17)8-12-15-13(18-16-12)10-4-2-6-14-9-10/h10-11,14H,2-9H2,1H3. The van der Waals surface area contributed by atoms with E-state index in [1.807, 2.05) is 0 Å². The molecule has 0 aliphatic carbocycles. The lowest BCUT2D eigenvalue weighted by Gasteiger charge is -2.19. The molecule has 2 fully saturated rings. The minimum absolute atomic E-state index is 0.418. The van der Waals surface area contributed by atoms with Gasteiger partial charge in [-0.1, -0.05) is 5.16 Å². The first kappa shape index (κ1) is 12.1. The quantitative estimate of drug-likeness (QED) is 0.873. The monoisotopic (exact) mass is 250 g/mol. The average molecular weight is 250 g/mol. The maximum Gasteiger partial charge on any atom is 0.231 e. The first-order chi connectivity index (χ1) is 8.83. The van der Waals surface area contributed by atoms with E-state index in [-0.39, 0.29) is 0 Å². The van der Waals surface area contributed by atoms with Gasteiger partial charge in [-0.25, -0.2) is 0 Å². The Kier molecular flexibility index (Phi) is 3.61. The summed E-state index contributed by atoms with van der Waals surface area (Å²) in [5.74, 6) is 2.13. The van der Waals surface area contributed by atoms with Gasteiger partial charge in [0.25, 0.3) is 0 Å². The molecule has 5 nitrogen and oxygen atoms in total. The number of piperidine rings is 1. The van der Waals surface area contributed by atoms with Gasteiger partial charge in [-0.05, 0) is 45.8 Å². The molecule has 0 radical (unpaired) electrons. The number of rotatable bonds is 3. The fourth-order valence-corrected chi connectivity index (χ4v) is 3.03. The minimum atomic E-state index is 0.418. The summed E-state index contributed by atoms with van der Waals surface area (Å²) in [6.45, 7) is 3.29. The highest BCUT2D eigenvalue weighted by atomic mass is 16.5. The van der Waals surface area contributed by atoms with Crippen LogP contribution in [-0.2, 0) is 6.42 Å². The maximum absolute atomic E-state index is 5.43. The molecule has 2 aliphatic heterocycles. The van der Waals surface area contributed by atoms with Crippen molar-refractivity contribution < 1.29 is 4.52 Å². The molecule has 100 valence electrons. The lowest BCUT2D eigenvalue weighted by atomic mass is 10.00. The highest BCUT2D eigenvalue weighted by molar-refractivity contribution is 4.98. The molecule has 1 aromatic heterocycles. The SMILES string of the molecule is CN1CCCC1Cc1noc(C2CCCNC2)n1. The van der Waals surface area contributed by atoms with Crippen LogP contribution in [0.1, 0.15) is 43.3 Å². The van der Waals surface area contributed by atoms with Gasteiger partial charge in [-0.2, -0.15) is 4.98 Å². The third kappa shape index (κ3) is 2.57. The van der Waals surface area contributed by atoms with Gasteiger partial charge in [0.1, 0.15) is 0 Å². The predicted octanol–water partition coefficient (Wildman–Crippen LogP) is 1.17. The van der Waals surface area contributed by atoms with Gasteiger partial charge < -0.3 is 14.7 Å². The van der Waals surface area contributed by atoms with E-state index in [2.05, 4.69) is 27.4 Å². The molecule has 0 bridgehead atoms. The number of nitrogens with zero attached hydrogens (tertiary/aromatic N) is 3. The zero-order chi connectivity index (χ0) is 12.4. The summed E-state index contributed by atoms with van der Waals surface area (Å²) in [6.07, 6.45) is 5.84. The van der Waals surface area contributed by atoms with Crippen molar-refractivity contribution in [2.24, 2.45) is 0 Å². The fourth-order valence-electron chi connectivity index (χ4n) is 3.03. The first-order valence-corrected chi connectivity index (χ1v) is 7.06. The number of hydrogen-bond donors (Lipinski definition) is 1. The molecule has 2 atom stereocenters. The van der Waals surface area contributed by atoms with Crippen LogP contribution in [0.5, 0.6) is 0 Å². The molecular formula is C13H22N4O. The molecule has 2 aliphatic rings. The molecular weight excluding hydrogens is 228 g/mol. The van der Waals surface area contributed by atoms with Crippen LogP contribution in [0.25, 0.3) is 0 Å². The van der Waals surface area contributed by atoms with Crippen molar-refractivity contribution in [3.05, 3.63) is 11.7 Å². The summed E-state index contributed by atoms with van der Waals surface area (Å²) in [5, 5.41) is 7.54. The Labute approximate surface area is 108 Å². The van der Waals surface area contributed by atoms with Crippen molar-refractivity contribution in [1.29, 1.82) is 0 Å². The topological polar surface area (TPSA) is 54.2 Å². The Bertz CT molecular complexity index is 386. The fraction of sp³-hybridized carbons (Fsp3) is 0.846. The predicted molar refractivity (Wildman–Crippen MR) is 68.5 cm³/mol. The first-order valence-electron chi connectivity index (χ1n) is 7.06. The molecule has 5 heteroatoms. The molecule has 1 aromatic rings. The Hall–Kier alpha value is -0.940. The van der Waals surface area contributed by atoms with E-state index in [4.69, 9.17) is 4.52 Å². The van der Waals surface area contributed by atoms with Crippen LogP contribution in [0.15, 0.2) is 4.52 Å². The van der Waals surface area contributed by atoms with Gasteiger partial charge in [-0.15, -0.1) is 0 Å². The van der Waals surface area contributed by atoms with Gasteiger partial charge in [-0.3, -0.25) is 0 Å². The lowest BCUT2D eigenvalue weighted by Crippen LogP contribution is -2.28. The summed E-state index contributed by atoms with van der Waals surface area (Å²) in [6, 6.07) is 0.597. The third-order valence-electron chi connectivity index (χ3n) is 4.22. The molecule has 18 heavy (non-hydrogen) atoms. The Balaban J connectivity index is 1.62. The van der Waals surface area contributed by atoms with E-state index in [0.717, 1.165) is 37.6 Å². The second kappa shape index (κ2) is 5.36. The van der Waals surface area contributed by atoms with Crippen LogP contribution < -0.4 is 5.32 Å². The van der Waals surface area contributed by atoms with Crippen LogP contribution in [0.3, 0.4) is 0 Å². The van der Waals surface area contributed by atoms with Crippen LogP contribution in [0.4, 0.5) is 0 Å². The highest BCUT2D eigenvalue weighted by Gasteiger charge is 2.25. The molecule has 2 unspecified atom stereocenters. The van der Waals surface area contributed by atoms with Crippen LogP contribution in [0.2, 0.25) is 0 Å². The van der Waals surface area contributed by atoms with E-state index in [1.165, 1.54) is 25.8 Å². The summed E-state index contributed by atoms with van der Waals surface area (Å²) in [4.78, 5) is 6.99. The Morgan fingerprint density at radius 2 is 2.33 bits per heavy atom. The largest absolute Gasteiger partial charge is 0.339 e. The summed E-state index contributed by atoms with van der Waals surface area (Å²) >= 11 is 0. The van der Waals surface area contributed by atoms with Gasteiger partial charge in [0, 0.05) is 19.0 Å². The van der Waals surface area contributed by atoms with Gasteiger partial charge in [0.2, 0.25) is 5.89 Å². The summed E-state index contributed by atoms with van der Waals surface area (Å²) in [7, 11) is 2.18. The van der Waals surface area contributed by atoms with Crippen LogP contribution >= 0.6 is 0 Å². The van der Waals surface area contributed by atoms with Crippen molar-refractivity contribution in [1.82, 2.24) is 20.4 Å². The molecule has 3 rings (SSSR count). The number of aromatic nitrogens is 2. The average Bonchev–Trinajstić information content (AvgIpc) is 3.02. The highest BCUT2D eigenvalue weighted by Crippen LogP contribution is 2.23. The molecule has 0 spiro atoms. The van der Waals surface area contributed by atoms with Crippen LogP contribution in [0, 0.1) is 0 Å².